The van der Waals surface area contributed by atoms with E-state index in [0.717, 1.165) is 26.2 Å². The minimum atomic E-state index is -2.61. The van der Waals surface area contributed by atoms with Crippen LogP contribution in [0.3, 0.4) is 0 Å². The van der Waals surface area contributed by atoms with Crippen molar-refractivity contribution in [2.75, 3.05) is 12.4 Å². The molecule has 5 heteroatoms. The number of alkyl halides is 2. The summed E-state index contributed by atoms with van der Waals surface area (Å²) in [5, 5.41) is -0.202. The van der Waals surface area contributed by atoms with Crippen molar-refractivity contribution >= 4 is 17.7 Å². The van der Waals surface area contributed by atoms with Crippen LogP contribution < -0.4 is 0 Å². The highest BCUT2D eigenvalue weighted by Gasteiger charge is 2.22. The van der Waals surface area contributed by atoms with Gasteiger partial charge < -0.3 is 4.74 Å². The Kier molecular flexibility index (Phi) is 9.42. The number of hydrogen-bond donors (Lipinski definition) is 0. The minimum Gasteiger partial charge on any atom is -0.465 e. The van der Waals surface area contributed by atoms with Gasteiger partial charge in [-0.2, -0.15) is 0 Å². The van der Waals surface area contributed by atoms with Crippen LogP contribution in [-0.4, -0.2) is 29.5 Å². The summed E-state index contributed by atoms with van der Waals surface area (Å²) in [5.41, 5.74) is 0. The standard InChI is InChI=1S/C13H24F2O2S/c1-4-7-11(12(16)17-9-5-2)18-10-6-8-13(3,14)15/h11H,4-10H2,1-3H3. The molecule has 1 atom stereocenters. The van der Waals surface area contributed by atoms with Gasteiger partial charge in [0.1, 0.15) is 5.25 Å². The van der Waals surface area contributed by atoms with Crippen LogP contribution in [0.15, 0.2) is 0 Å². The highest BCUT2D eigenvalue weighted by atomic mass is 32.2. The van der Waals surface area contributed by atoms with E-state index in [0.29, 0.717) is 18.8 Å². The largest absolute Gasteiger partial charge is 0.465 e. The summed E-state index contributed by atoms with van der Waals surface area (Å²) in [7, 11) is 0. The monoisotopic (exact) mass is 282 g/mol. The first-order valence-corrected chi connectivity index (χ1v) is 7.61. The van der Waals surface area contributed by atoms with E-state index in [-0.39, 0.29) is 17.6 Å². The van der Waals surface area contributed by atoms with Crippen LogP contribution >= 0.6 is 11.8 Å². The summed E-state index contributed by atoms with van der Waals surface area (Å²) in [5.74, 6) is -2.23. The van der Waals surface area contributed by atoms with Crippen LogP contribution in [-0.2, 0) is 9.53 Å². The Morgan fingerprint density at radius 2 is 2.00 bits per heavy atom. The third kappa shape index (κ3) is 9.68. The number of carbonyl (C=O) groups excluding carboxylic acids is 1. The predicted octanol–water partition coefficient (Wildman–Crippen LogP) is 4.28. The Morgan fingerprint density at radius 3 is 2.50 bits per heavy atom. The molecule has 0 saturated heterocycles. The van der Waals surface area contributed by atoms with E-state index in [4.69, 9.17) is 4.74 Å². The number of esters is 1. The fourth-order valence-electron chi connectivity index (χ4n) is 1.44. The molecular weight excluding hydrogens is 258 g/mol. The molecule has 0 aliphatic carbocycles. The summed E-state index contributed by atoms with van der Waals surface area (Å²) in [6.45, 7) is 5.31. The molecule has 108 valence electrons. The molecule has 0 amide bonds. The van der Waals surface area contributed by atoms with Crippen LogP contribution in [0.1, 0.15) is 52.9 Å². The van der Waals surface area contributed by atoms with Gasteiger partial charge in [0.15, 0.2) is 0 Å². The van der Waals surface area contributed by atoms with Crippen molar-refractivity contribution in [1.29, 1.82) is 0 Å². The van der Waals surface area contributed by atoms with E-state index in [1.165, 1.54) is 11.8 Å². The first-order chi connectivity index (χ1) is 8.40. The van der Waals surface area contributed by atoms with Gasteiger partial charge in [0, 0.05) is 6.42 Å². The van der Waals surface area contributed by atoms with Crippen LogP contribution in [0, 0.1) is 0 Å². The Hall–Kier alpha value is -0.320. The van der Waals surface area contributed by atoms with Gasteiger partial charge in [-0.15, -0.1) is 11.8 Å². The maximum absolute atomic E-state index is 12.6. The quantitative estimate of drug-likeness (QED) is 0.442. The first-order valence-electron chi connectivity index (χ1n) is 6.56. The van der Waals surface area contributed by atoms with Gasteiger partial charge >= 0.3 is 5.97 Å². The summed E-state index contributed by atoms with van der Waals surface area (Å²) in [4.78, 5) is 11.7. The predicted molar refractivity (Wildman–Crippen MR) is 72.3 cm³/mol. The fraction of sp³-hybridized carbons (Fsp3) is 0.923. The zero-order valence-electron chi connectivity index (χ0n) is 11.5. The van der Waals surface area contributed by atoms with Crippen LogP contribution in [0.25, 0.3) is 0 Å². The summed E-state index contributed by atoms with van der Waals surface area (Å²) >= 11 is 1.44. The van der Waals surface area contributed by atoms with E-state index >= 15 is 0 Å². The maximum atomic E-state index is 12.6. The average Bonchev–Trinajstić information content (AvgIpc) is 2.28. The Bertz CT molecular complexity index is 230. The molecule has 0 bridgehead atoms. The summed E-state index contributed by atoms with van der Waals surface area (Å²) in [6, 6.07) is 0. The molecule has 0 aliphatic rings. The van der Waals surface area contributed by atoms with Crippen molar-refractivity contribution in [2.45, 2.75) is 64.0 Å². The molecule has 0 spiro atoms. The van der Waals surface area contributed by atoms with Gasteiger partial charge in [-0.25, -0.2) is 8.78 Å². The van der Waals surface area contributed by atoms with Crippen LogP contribution in [0.2, 0.25) is 0 Å². The smallest absolute Gasteiger partial charge is 0.319 e. The van der Waals surface area contributed by atoms with E-state index in [2.05, 4.69) is 0 Å². The normalized spacial score (nSPS) is 13.4. The van der Waals surface area contributed by atoms with Gasteiger partial charge in [-0.1, -0.05) is 20.3 Å². The zero-order valence-corrected chi connectivity index (χ0v) is 12.3. The second kappa shape index (κ2) is 9.59. The van der Waals surface area contributed by atoms with Crippen molar-refractivity contribution in [1.82, 2.24) is 0 Å². The zero-order chi connectivity index (χ0) is 14.0. The second-order valence-corrected chi connectivity index (χ2v) is 5.80. The molecule has 0 rings (SSSR count). The fourth-order valence-corrected chi connectivity index (χ4v) is 2.64. The van der Waals surface area contributed by atoms with Gasteiger partial charge in [0.05, 0.1) is 6.61 Å². The topological polar surface area (TPSA) is 26.3 Å². The van der Waals surface area contributed by atoms with Gasteiger partial charge in [-0.3, -0.25) is 4.79 Å². The number of halogens is 2. The molecule has 0 radical (unpaired) electrons. The molecule has 0 heterocycles. The van der Waals surface area contributed by atoms with Crippen molar-refractivity contribution in [2.24, 2.45) is 0 Å². The van der Waals surface area contributed by atoms with E-state index in [9.17, 15) is 13.6 Å². The number of rotatable bonds is 10. The van der Waals surface area contributed by atoms with E-state index in [1.807, 2.05) is 13.8 Å². The molecule has 2 nitrogen and oxygen atoms in total. The lowest BCUT2D eigenvalue weighted by molar-refractivity contribution is -0.143. The minimum absolute atomic E-state index is 0.122. The Balaban J connectivity index is 3.92. The average molecular weight is 282 g/mol. The van der Waals surface area contributed by atoms with Gasteiger partial charge in [0.25, 0.3) is 0 Å². The van der Waals surface area contributed by atoms with Crippen molar-refractivity contribution in [3.8, 4) is 0 Å². The number of hydrogen-bond acceptors (Lipinski definition) is 3. The molecule has 0 aromatic carbocycles. The highest BCUT2D eigenvalue weighted by Crippen LogP contribution is 2.24. The molecule has 18 heavy (non-hydrogen) atoms. The van der Waals surface area contributed by atoms with Gasteiger partial charge in [-0.05, 0) is 31.9 Å². The molecule has 0 fully saturated rings. The third-order valence-electron chi connectivity index (χ3n) is 2.34. The summed E-state index contributed by atoms with van der Waals surface area (Å²) < 4.78 is 30.3. The molecule has 0 aliphatic heterocycles. The third-order valence-corrected chi connectivity index (χ3v) is 3.70. The van der Waals surface area contributed by atoms with Crippen LogP contribution in [0.5, 0.6) is 0 Å². The maximum Gasteiger partial charge on any atom is 0.319 e. The lowest BCUT2D eigenvalue weighted by Gasteiger charge is -2.15. The van der Waals surface area contributed by atoms with Crippen molar-refractivity contribution in [3.63, 3.8) is 0 Å². The number of carbonyl (C=O) groups is 1. The van der Waals surface area contributed by atoms with Crippen molar-refractivity contribution < 1.29 is 18.3 Å². The molecule has 1 unspecified atom stereocenters. The first kappa shape index (κ1) is 17.7. The number of ether oxygens (including phenoxy) is 1. The van der Waals surface area contributed by atoms with E-state index < -0.39 is 5.92 Å². The Morgan fingerprint density at radius 1 is 1.33 bits per heavy atom. The second-order valence-electron chi connectivity index (χ2n) is 4.49. The molecule has 0 N–H and O–H groups in total. The van der Waals surface area contributed by atoms with Crippen molar-refractivity contribution in [3.05, 3.63) is 0 Å². The SMILES string of the molecule is CCCOC(=O)C(CCC)SCCCC(C)(F)F. The Labute approximate surface area is 113 Å². The highest BCUT2D eigenvalue weighted by molar-refractivity contribution is 8.00. The molecule has 0 saturated carbocycles. The lowest BCUT2D eigenvalue weighted by Crippen LogP contribution is -2.21. The van der Waals surface area contributed by atoms with Gasteiger partial charge in [0.2, 0.25) is 5.92 Å². The lowest BCUT2D eigenvalue weighted by atomic mass is 10.2. The molecule has 0 aromatic rings. The molecule has 0 aromatic heterocycles. The molecular formula is C13H24F2O2S. The number of thioether (sulfide) groups is 1. The van der Waals surface area contributed by atoms with E-state index in [1.54, 1.807) is 0 Å². The van der Waals surface area contributed by atoms with Crippen LogP contribution in [0.4, 0.5) is 8.78 Å². The summed E-state index contributed by atoms with van der Waals surface area (Å²) in [6.07, 6.45) is 2.74.